The van der Waals surface area contributed by atoms with Crippen molar-refractivity contribution in [2.75, 3.05) is 20.2 Å². The summed E-state index contributed by atoms with van der Waals surface area (Å²) in [7, 11) is 1.64. The Hall–Kier alpha value is -2.16. The van der Waals surface area contributed by atoms with Crippen molar-refractivity contribution < 1.29 is 14.6 Å². The molecule has 0 amide bonds. The van der Waals surface area contributed by atoms with Gasteiger partial charge in [-0.1, -0.05) is 18.2 Å². The van der Waals surface area contributed by atoms with E-state index in [1.807, 2.05) is 50.2 Å². The highest BCUT2D eigenvalue weighted by molar-refractivity contribution is 14.0. The maximum atomic E-state index is 9.34. The maximum absolute atomic E-state index is 9.34. The summed E-state index contributed by atoms with van der Waals surface area (Å²) in [6.07, 6.45) is -0.0420. The molecule has 2 aromatic carbocycles. The van der Waals surface area contributed by atoms with Gasteiger partial charge in [0.1, 0.15) is 23.4 Å². The summed E-state index contributed by atoms with van der Waals surface area (Å²) in [5, 5.41) is 15.8. The van der Waals surface area contributed by atoms with Crippen LogP contribution in [-0.4, -0.2) is 37.4 Å². The average Bonchev–Trinajstić information content (AvgIpc) is 2.65. The highest BCUT2D eigenvalue weighted by atomic mass is 127. The van der Waals surface area contributed by atoms with E-state index in [1.165, 1.54) is 0 Å². The molecule has 0 aromatic heterocycles. The summed E-state index contributed by atoms with van der Waals surface area (Å²) in [5.74, 6) is 2.52. The fourth-order valence-corrected chi connectivity index (χ4v) is 2.30. The Kier molecular flexibility index (Phi) is 10.4. The van der Waals surface area contributed by atoms with E-state index in [1.54, 1.807) is 19.2 Å². The van der Waals surface area contributed by atoms with Gasteiger partial charge in [-0.15, -0.1) is 24.0 Å². The summed E-state index contributed by atoms with van der Waals surface area (Å²) >= 11 is 0. The van der Waals surface area contributed by atoms with E-state index in [0.717, 1.165) is 29.6 Å². The molecule has 0 bridgehead atoms. The second-order valence-electron chi connectivity index (χ2n) is 5.85. The number of methoxy groups -OCH3 is 1. The van der Waals surface area contributed by atoms with Crippen LogP contribution < -0.4 is 20.1 Å². The van der Waals surface area contributed by atoms with Crippen molar-refractivity contribution >= 4 is 29.9 Å². The third-order valence-electron chi connectivity index (χ3n) is 3.64. The van der Waals surface area contributed by atoms with E-state index in [-0.39, 0.29) is 35.8 Å². The summed E-state index contributed by atoms with van der Waals surface area (Å²) in [6, 6.07) is 14.6. The second-order valence-corrected chi connectivity index (χ2v) is 5.85. The number of nitrogens with one attached hydrogen (secondary N) is 2. The van der Waals surface area contributed by atoms with E-state index in [2.05, 4.69) is 15.6 Å². The molecule has 0 aliphatic rings. The van der Waals surface area contributed by atoms with E-state index >= 15 is 0 Å². The normalized spacial score (nSPS) is 11.9. The number of aromatic hydroxyl groups is 1. The molecule has 0 saturated carbocycles. The Balaban J connectivity index is 0.00000364. The van der Waals surface area contributed by atoms with Crippen LogP contribution in [0.15, 0.2) is 53.5 Å². The fourth-order valence-electron chi connectivity index (χ4n) is 2.30. The average molecular weight is 485 g/mol. The zero-order chi connectivity index (χ0) is 18.8. The molecule has 27 heavy (non-hydrogen) atoms. The van der Waals surface area contributed by atoms with Gasteiger partial charge in [-0.05, 0) is 43.7 Å². The number of nitrogens with zero attached hydrogens (tertiary/aromatic N) is 1. The van der Waals surface area contributed by atoms with Gasteiger partial charge in [-0.25, -0.2) is 4.99 Å². The van der Waals surface area contributed by atoms with Crippen LogP contribution in [-0.2, 0) is 6.54 Å². The third kappa shape index (κ3) is 8.38. The molecule has 0 spiro atoms. The Morgan fingerprint density at radius 2 is 1.81 bits per heavy atom. The van der Waals surface area contributed by atoms with E-state index < -0.39 is 0 Å². The van der Waals surface area contributed by atoms with Gasteiger partial charge in [0.15, 0.2) is 5.96 Å². The Morgan fingerprint density at radius 1 is 1.11 bits per heavy atom. The first-order valence-corrected chi connectivity index (χ1v) is 8.71. The van der Waals surface area contributed by atoms with Crippen molar-refractivity contribution in [3.05, 3.63) is 54.1 Å². The smallest absolute Gasteiger partial charge is 0.191 e. The number of rotatable bonds is 8. The molecule has 2 rings (SSSR count). The van der Waals surface area contributed by atoms with Crippen LogP contribution in [0.3, 0.4) is 0 Å². The van der Waals surface area contributed by atoms with Crippen LogP contribution in [0.25, 0.3) is 0 Å². The van der Waals surface area contributed by atoms with Gasteiger partial charge in [0.05, 0.1) is 20.2 Å². The molecule has 0 aliphatic carbocycles. The van der Waals surface area contributed by atoms with Gasteiger partial charge in [0.25, 0.3) is 0 Å². The van der Waals surface area contributed by atoms with Crippen molar-refractivity contribution in [1.82, 2.24) is 10.6 Å². The van der Waals surface area contributed by atoms with Crippen molar-refractivity contribution in [1.29, 1.82) is 0 Å². The highest BCUT2D eigenvalue weighted by Crippen LogP contribution is 2.19. The highest BCUT2D eigenvalue weighted by Gasteiger charge is 2.06. The molecular weight excluding hydrogens is 457 g/mol. The Labute approximate surface area is 178 Å². The largest absolute Gasteiger partial charge is 0.508 e. The SMILES string of the molecule is CCNC(=NCc1ccc(O)cc1)NCC(C)Oc1cccc(OC)c1.I. The number of hydrogen-bond donors (Lipinski definition) is 3. The quantitative estimate of drug-likeness (QED) is 0.303. The zero-order valence-corrected chi connectivity index (χ0v) is 18.3. The summed E-state index contributed by atoms with van der Waals surface area (Å²) in [5.41, 5.74) is 1.03. The van der Waals surface area contributed by atoms with Crippen molar-refractivity contribution in [3.8, 4) is 17.2 Å². The number of phenols is 1. The molecule has 3 N–H and O–H groups in total. The molecule has 0 radical (unpaired) electrons. The summed E-state index contributed by atoms with van der Waals surface area (Å²) in [6.45, 7) is 5.93. The molecule has 0 heterocycles. The monoisotopic (exact) mass is 485 g/mol. The van der Waals surface area contributed by atoms with Crippen LogP contribution in [0.1, 0.15) is 19.4 Å². The molecule has 0 aliphatic heterocycles. The van der Waals surface area contributed by atoms with Crippen LogP contribution >= 0.6 is 24.0 Å². The minimum atomic E-state index is -0.0420. The zero-order valence-electron chi connectivity index (χ0n) is 15.9. The minimum Gasteiger partial charge on any atom is -0.508 e. The number of phenolic OH excluding ortho intramolecular Hbond substituents is 1. The van der Waals surface area contributed by atoms with Crippen LogP contribution in [0, 0.1) is 0 Å². The number of hydrogen-bond acceptors (Lipinski definition) is 4. The molecular formula is C20H28IN3O3. The Bertz CT molecular complexity index is 708. The van der Waals surface area contributed by atoms with Crippen molar-refractivity contribution in [2.45, 2.75) is 26.5 Å². The first-order chi connectivity index (χ1) is 12.6. The number of guanidine groups is 1. The lowest BCUT2D eigenvalue weighted by molar-refractivity contribution is 0.223. The second kappa shape index (κ2) is 12.3. The molecule has 1 unspecified atom stereocenters. The molecule has 0 saturated heterocycles. The van der Waals surface area contributed by atoms with E-state index in [9.17, 15) is 5.11 Å². The predicted octanol–water partition coefficient (Wildman–Crippen LogP) is 3.54. The summed E-state index contributed by atoms with van der Waals surface area (Å²) in [4.78, 5) is 4.56. The predicted molar refractivity (Wildman–Crippen MR) is 119 cm³/mol. The van der Waals surface area contributed by atoms with Gasteiger partial charge in [0, 0.05) is 12.6 Å². The van der Waals surface area contributed by atoms with Crippen LogP contribution in [0.4, 0.5) is 0 Å². The van der Waals surface area contributed by atoms with Gasteiger partial charge in [0.2, 0.25) is 0 Å². The third-order valence-corrected chi connectivity index (χ3v) is 3.64. The topological polar surface area (TPSA) is 75.1 Å². The number of aliphatic imine (C=N–C) groups is 1. The summed E-state index contributed by atoms with van der Waals surface area (Å²) < 4.78 is 11.1. The van der Waals surface area contributed by atoms with Crippen LogP contribution in [0.5, 0.6) is 17.2 Å². The number of benzene rings is 2. The molecule has 0 fully saturated rings. The van der Waals surface area contributed by atoms with Gasteiger partial charge < -0.3 is 25.2 Å². The molecule has 7 heteroatoms. The minimum absolute atomic E-state index is 0. The first kappa shape index (κ1) is 22.9. The first-order valence-electron chi connectivity index (χ1n) is 8.71. The lowest BCUT2D eigenvalue weighted by Crippen LogP contribution is -2.41. The standard InChI is InChI=1S/C20H27N3O3.HI/c1-4-21-20(23-14-16-8-10-17(24)11-9-16)22-13-15(2)26-19-7-5-6-18(12-19)25-3;/h5-12,15,24H,4,13-14H2,1-3H3,(H2,21,22,23);1H. The van der Waals surface area contributed by atoms with E-state index in [4.69, 9.17) is 9.47 Å². The van der Waals surface area contributed by atoms with E-state index in [0.29, 0.717) is 13.1 Å². The molecule has 148 valence electrons. The maximum Gasteiger partial charge on any atom is 0.191 e. The lowest BCUT2D eigenvalue weighted by atomic mass is 10.2. The fraction of sp³-hybridized carbons (Fsp3) is 0.350. The van der Waals surface area contributed by atoms with Gasteiger partial charge in [-0.2, -0.15) is 0 Å². The number of ether oxygens (including phenoxy) is 2. The van der Waals surface area contributed by atoms with Gasteiger partial charge in [-0.3, -0.25) is 0 Å². The lowest BCUT2D eigenvalue weighted by Gasteiger charge is -2.18. The molecule has 2 aromatic rings. The molecule has 6 nitrogen and oxygen atoms in total. The number of halogens is 1. The molecule has 1 atom stereocenters. The van der Waals surface area contributed by atoms with Crippen LogP contribution in [0.2, 0.25) is 0 Å². The Morgan fingerprint density at radius 3 is 2.48 bits per heavy atom. The van der Waals surface area contributed by atoms with Crippen molar-refractivity contribution in [2.24, 2.45) is 4.99 Å². The van der Waals surface area contributed by atoms with Crippen molar-refractivity contribution in [3.63, 3.8) is 0 Å². The van der Waals surface area contributed by atoms with Gasteiger partial charge >= 0.3 is 0 Å².